The fourth-order valence-corrected chi connectivity index (χ4v) is 3.96. The summed E-state index contributed by atoms with van der Waals surface area (Å²) in [5, 5.41) is 7.70. The number of hydrogen-bond acceptors (Lipinski definition) is 4. The van der Waals surface area contributed by atoms with Gasteiger partial charge < -0.3 is 0 Å². The van der Waals surface area contributed by atoms with Crippen LogP contribution in [0.1, 0.15) is 0 Å². The number of hydrogen-bond donors (Lipinski definition) is 0. The molecule has 0 amide bonds. The maximum atomic E-state index is 2.19. The molecular formula is C8H12S4. The lowest BCUT2D eigenvalue weighted by atomic mass is 10.8. The molecule has 4 heteroatoms. The van der Waals surface area contributed by atoms with Crippen LogP contribution in [0.25, 0.3) is 0 Å². The molecule has 0 fully saturated rings. The van der Waals surface area contributed by atoms with Crippen molar-refractivity contribution in [1.82, 2.24) is 0 Å². The molecule has 2 rings (SSSR count). The number of rotatable bonds is 0. The Labute approximate surface area is 91.4 Å². The summed E-state index contributed by atoms with van der Waals surface area (Å²) in [6, 6.07) is 0. The summed E-state index contributed by atoms with van der Waals surface area (Å²) in [6.07, 6.45) is 2.19. The van der Waals surface area contributed by atoms with Crippen LogP contribution in [0.2, 0.25) is 0 Å². The molecule has 0 N–H and O–H groups in total. The third kappa shape index (κ3) is 6.40. The highest BCUT2D eigenvalue weighted by atomic mass is 32.2. The van der Waals surface area contributed by atoms with Gasteiger partial charge in [-0.2, -0.15) is 0 Å². The Balaban J connectivity index is 0.000000120. The summed E-state index contributed by atoms with van der Waals surface area (Å²) >= 11 is 7.64. The van der Waals surface area contributed by atoms with Gasteiger partial charge in [-0.25, -0.2) is 0 Å². The lowest BCUT2D eigenvalue weighted by Crippen LogP contribution is -1.81. The average molecular weight is 236 g/mol. The van der Waals surface area contributed by atoms with Crippen LogP contribution in [-0.4, -0.2) is 22.3 Å². The molecule has 0 aromatic carbocycles. The van der Waals surface area contributed by atoms with Crippen molar-refractivity contribution >= 4 is 47.0 Å². The highest BCUT2D eigenvalue weighted by molar-refractivity contribution is 8.17. The first kappa shape index (κ1) is 11.0. The van der Waals surface area contributed by atoms with E-state index in [9.17, 15) is 0 Å². The molecule has 0 spiro atoms. The van der Waals surface area contributed by atoms with Gasteiger partial charge in [0.15, 0.2) is 0 Å². The summed E-state index contributed by atoms with van der Waals surface area (Å²) in [5.41, 5.74) is 0. The monoisotopic (exact) mass is 236 g/mol. The minimum absolute atomic E-state index is 1.22. The van der Waals surface area contributed by atoms with Crippen molar-refractivity contribution < 1.29 is 0 Å². The molecule has 0 radical (unpaired) electrons. The van der Waals surface area contributed by atoms with E-state index in [1.165, 1.54) is 22.3 Å². The van der Waals surface area contributed by atoms with Crippen LogP contribution in [0, 0.1) is 0 Å². The second-order valence-electron chi connectivity index (χ2n) is 2.04. The van der Waals surface area contributed by atoms with E-state index in [2.05, 4.69) is 22.3 Å². The van der Waals surface area contributed by atoms with Gasteiger partial charge in [0, 0.05) is 22.3 Å². The lowest BCUT2D eigenvalue weighted by Gasteiger charge is -1.97. The molecular weight excluding hydrogens is 224 g/mol. The van der Waals surface area contributed by atoms with Crippen LogP contribution >= 0.6 is 47.0 Å². The average Bonchev–Trinajstić information content (AvgIpc) is 2.24. The van der Waals surface area contributed by atoms with Gasteiger partial charge in [-0.1, -0.05) is 6.08 Å². The van der Waals surface area contributed by atoms with Crippen LogP contribution in [0.15, 0.2) is 22.3 Å². The Morgan fingerprint density at radius 3 is 1.75 bits per heavy atom. The lowest BCUT2D eigenvalue weighted by molar-refractivity contribution is 1.56. The maximum Gasteiger partial charge on any atom is 0.0436 e. The van der Waals surface area contributed by atoms with Crippen LogP contribution < -0.4 is 0 Å². The predicted octanol–water partition coefficient (Wildman–Crippen LogP) is 3.88. The highest BCUT2D eigenvalue weighted by Gasteiger charge is 1.88. The first-order valence-electron chi connectivity index (χ1n) is 3.73. The van der Waals surface area contributed by atoms with Crippen molar-refractivity contribution in [2.75, 3.05) is 22.3 Å². The van der Waals surface area contributed by atoms with E-state index in [0.717, 1.165) is 0 Å². The van der Waals surface area contributed by atoms with E-state index in [4.69, 9.17) is 0 Å². The molecule has 68 valence electrons. The minimum Gasteiger partial charge on any atom is -0.147 e. The largest absolute Gasteiger partial charge is 0.147 e. The van der Waals surface area contributed by atoms with Crippen molar-refractivity contribution in [1.29, 1.82) is 0 Å². The summed E-state index contributed by atoms with van der Waals surface area (Å²) in [5.74, 6) is 3.80. The second kappa shape index (κ2) is 8.48. The van der Waals surface area contributed by atoms with Crippen molar-refractivity contribution in [3.63, 3.8) is 0 Å². The van der Waals surface area contributed by atoms with E-state index < -0.39 is 0 Å². The molecule has 0 atom stereocenters. The Kier molecular flexibility index (Phi) is 7.74. The maximum absolute atomic E-state index is 2.19. The second-order valence-corrected chi connectivity index (χ2v) is 6.36. The van der Waals surface area contributed by atoms with Crippen molar-refractivity contribution in [3.05, 3.63) is 22.3 Å². The zero-order valence-corrected chi connectivity index (χ0v) is 10.0. The van der Waals surface area contributed by atoms with Crippen molar-refractivity contribution in [2.45, 2.75) is 0 Å². The predicted molar refractivity (Wildman–Crippen MR) is 68.1 cm³/mol. The highest BCUT2D eigenvalue weighted by Crippen LogP contribution is 2.18. The van der Waals surface area contributed by atoms with Gasteiger partial charge in [-0.3, -0.25) is 0 Å². The molecule has 2 aliphatic rings. The molecule has 0 aromatic rings. The zero-order chi connectivity index (χ0) is 8.49. The minimum atomic E-state index is 1.22. The van der Waals surface area contributed by atoms with Crippen molar-refractivity contribution in [2.24, 2.45) is 0 Å². The molecule has 0 aromatic heterocycles. The van der Waals surface area contributed by atoms with Gasteiger partial charge in [-0.15, -0.1) is 47.0 Å². The van der Waals surface area contributed by atoms with Crippen molar-refractivity contribution in [3.8, 4) is 0 Å². The molecule has 0 aliphatic carbocycles. The zero-order valence-electron chi connectivity index (χ0n) is 6.77. The first-order chi connectivity index (χ1) is 6.00. The summed E-state index contributed by atoms with van der Waals surface area (Å²) in [4.78, 5) is 0. The summed E-state index contributed by atoms with van der Waals surface area (Å²) in [7, 11) is 0. The van der Waals surface area contributed by atoms with Gasteiger partial charge in [0.1, 0.15) is 0 Å². The Bertz CT molecular complexity index is 119. The Hall–Kier alpha value is 0.880. The first-order valence-corrected chi connectivity index (χ1v) is 8.03. The normalized spacial score (nSPS) is 21.3. The molecule has 0 nitrogen and oxygen atoms in total. The summed E-state index contributed by atoms with van der Waals surface area (Å²) < 4.78 is 0. The molecule has 0 bridgehead atoms. The molecule has 12 heavy (non-hydrogen) atoms. The van der Waals surface area contributed by atoms with Crippen LogP contribution in [-0.2, 0) is 0 Å². The van der Waals surface area contributed by atoms with Crippen LogP contribution in [0.5, 0.6) is 0 Å². The van der Waals surface area contributed by atoms with Gasteiger partial charge in [0.25, 0.3) is 0 Å². The van der Waals surface area contributed by atoms with Crippen LogP contribution in [0.3, 0.4) is 0 Å². The van der Waals surface area contributed by atoms with E-state index in [-0.39, 0.29) is 0 Å². The van der Waals surface area contributed by atoms with Gasteiger partial charge in [0.2, 0.25) is 0 Å². The topological polar surface area (TPSA) is 0 Å². The molecule has 2 aliphatic heterocycles. The Morgan fingerprint density at radius 1 is 0.833 bits per heavy atom. The summed E-state index contributed by atoms with van der Waals surface area (Å²) in [6.45, 7) is 0. The van der Waals surface area contributed by atoms with Crippen LogP contribution in [0.4, 0.5) is 0 Å². The third-order valence-corrected chi connectivity index (χ3v) is 5.12. The molecule has 0 saturated carbocycles. The SMILES string of the molecule is C1=CSCCS1.C1=CSCSC1. The van der Waals surface area contributed by atoms with E-state index >= 15 is 0 Å². The smallest absolute Gasteiger partial charge is 0.0436 e. The quantitative estimate of drug-likeness (QED) is 0.626. The van der Waals surface area contributed by atoms with E-state index in [1.54, 1.807) is 0 Å². The molecule has 0 unspecified atom stereocenters. The van der Waals surface area contributed by atoms with Gasteiger partial charge in [0.05, 0.1) is 0 Å². The standard InChI is InChI=1S/2C4H6S2/c1-2-6-4-3-5-1;1-2-5-4-6-3-1/h2*1-2H,3-4H2. The third-order valence-electron chi connectivity index (χ3n) is 1.12. The van der Waals surface area contributed by atoms with E-state index in [0.29, 0.717) is 0 Å². The van der Waals surface area contributed by atoms with Gasteiger partial charge in [-0.05, 0) is 16.2 Å². The van der Waals surface area contributed by atoms with E-state index in [1.807, 2.05) is 47.0 Å². The fourth-order valence-electron chi connectivity index (χ4n) is 0.622. The fraction of sp³-hybridized carbons (Fsp3) is 0.500. The van der Waals surface area contributed by atoms with Gasteiger partial charge >= 0.3 is 0 Å². The molecule has 2 heterocycles. The Morgan fingerprint density at radius 2 is 1.58 bits per heavy atom. The molecule has 0 saturated heterocycles. The number of thioether (sulfide) groups is 4.